The van der Waals surface area contributed by atoms with Gasteiger partial charge in [-0.25, -0.2) is 0 Å². The lowest BCUT2D eigenvalue weighted by Crippen LogP contribution is -2.13. The molecule has 94 valence electrons. The van der Waals surface area contributed by atoms with Gasteiger partial charge in [0.25, 0.3) is 0 Å². The number of aliphatic hydroxyl groups is 1. The summed E-state index contributed by atoms with van der Waals surface area (Å²) in [6, 6.07) is 13.7. The molecule has 2 aromatic carbocycles. The fraction of sp³-hybridized carbons (Fsp3) is 0.200. The van der Waals surface area contributed by atoms with E-state index in [1.54, 1.807) is 0 Å². The molecule has 0 aromatic heterocycles. The maximum atomic E-state index is 9.42. The number of hydrogen-bond donors (Lipinski definition) is 1. The topological polar surface area (TPSA) is 23.5 Å². The summed E-state index contributed by atoms with van der Waals surface area (Å²) in [6.07, 6.45) is 0. The first-order valence-corrected chi connectivity index (χ1v) is 6.20. The Morgan fingerprint density at radius 2 is 1.83 bits per heavy atom. The predicted molar refractivity (Wildman–Crippen MR) is 76.6 cm³/mol. The molecule has 0 heterocycles. The summed E-state index contributed by atoms with van der Waals surface area (Å²) >= 11 is 6.25. The summed E-state index contributed by atoms with van der Waals surface area (Å²) in [5.41, 5.74) is 3.94. The molecule has 0 saturated carbocycles. The normalized spacial score (nSPS) is 10.4. The fourth-order valence-electron chi connectivity index (χ4n) is 2.12. The van der Waals surface area contributed by atoms with E-state index in [4.69, 9.17) is 11.6 Å². The summed E-state index contributed by atoms with van der Waals surface area (Å²) in [4.78, 5) is 2.02. The van der Waals surface area contributed by atoms with Crippen molar-refractivity contribution in [2.45, 2.75) is 13.5 Å². The molecule has 0 fully saturated rings. The molecular formula is C15H16ClNO. The van der Waals surface area contributed by atoms with Crippen LogP contribution in [0.5, 0.6) is 0 Å². The van der Waals surface area contributed by atoms with Crippen LogP contribution in [0.1, 0.15) is 11.1 Å². The number of halogens is 1. The van der Waals surface area contributed by atoms with E-state index in [0.717, 1.165) is 16.9 Å². The van der Waals surface area contributed by atoms with Gasteiger partial charge in [-0.3, -0.25) is 0 Å². The Morgan fingerprint density at radius 3 is 2.50 bits per heavy atom. The Labute approximate surface area is 112 Å². The fourth-order valence-corrected chi connectivity index (χ4v) is 2.44. The smallest absolute Gasteiger partial charge is 0.0702 e. The van der Waals surface area contributed by atoms with Crippen LogP contribution in [0.3, 0.4) is 0 Å². The number of rotatable bonds is 3. The Balaban J connectivity index is 2.52. The van der Waals surface area contributed by atoms with Crippen molar-refractivity contribution in [2.24, 2.45) is 0 Å². The van der Waals surface area contributed by atoms with Crippen LogP contribution >= 0.6 is 11.6 Å². The Hall–Kier alpha value is -1.51. The second-order valence-electron chi connectivity index (χ2n) is 4.25. The molecule has 0 aliphatic heterocycles. The highest BCUT2D eigenvalue weighted by Gasteiger charge is 2.13. The lowest BCUT2D eigenvalue weighted by Gasteiger charge is -2.25. The summed E-state index contributed by atoms with van der Waals surface area (Å²) in [7, 11) is 1.96. The van der Waals surface area contributed by atoms with Gasteiger partial charge in [0.1, 0.15) is 0 Å². The van der Waals surface area contributed by atoms with Crippen LogP contribution in [0.4, 0.5) is 11.4 Å². The zero-order chi connectivity index (χ0) is 13.1. The highest BCUT2D eigenvalue weighted by molar-refractivity contribution is 6.33. The van der Waals surface area contributed by atoms with Crippen molar-refractivity contribution >= 4 is 23.0 Å². The van der Waals surface area contributed by atoms with Gasteiger partial charge in [0, 0.05) is 18.3 Å². The lowest BCUT2D eigenvalue weighted by atomic mass is 10.1. The number of para-hydroxylation sites is 2. The molecule has 1 N–H and O–H groups in total. The number of benzene rings is 2. The van der Waals surface area contributed by atoms with Crippen LogP contribution in [-0.4, -0.2) is 12.2 Å². The van der Waals surface area contributed by atoms with Crippen LogP contribution in [0.25, 0.3) is 0 Å². The zero-order valence-electron chi connectivity index (χ0n) is 10.5. The van der Waals surface area contributed by atoms with E-state index >= 15 is 0 Å². The maximum Gasteiger partial charge on any atom is 0.0702 e. The molecule has 0 atom stereocenters. The molecule has 3 heteroatoms. The van der Waals surface area contributed by atoms with Gasteiger partial charge >= 0.3 is 0 Å². The Kier molecular flexibility index (Phi) is 3.90. The molecule has 2 nitrogen and oxygen atoms in total. The molecule has 0 amide bonds. The van der Waals surface area contributed by atoms with E-state index < -0.39 is 0 Å². The molecule has 0 aliphatic carbocycles. The largest absolute Gasteiger partial charge is 0.392 e. The molecule has 0 saturated heterocycles. The first-order chi connectivity index (χ1) is 8.65. The summed E-state index contributed by atoms with van der Waals surface area (Å²) in [5.74, 6) is 0. The number of aryl methyl sites for hydroxylation is 1. The van der Waals surface area contributed by atoms with Gasteiger partial charge in [0.2, 0.25) is 0 Å². The molecule has 18 heavy (non-hydrogen) atoms. The molecule has 0 unspecified atom stereocenters. The lowest BCUT2D eigenvalue weighted by molar-refractivity contribution is 0.282. The Bertz CT molecular complexity index is 554. The standard InChI is InChI=1S/C15H16ClNO/c1-11-6-3-4-9-14(11)17(2)15-12(10-18)7-5-8-13(15)16/h3-9,18H,10H2,1-2H3. The monoisotopic (exact) mass is 261 g/mol. The van der Waals surface area contributed by atoms with E-state index in [-0.39, 0.29) is 6.61 Å². The minimum Gasteiger partial charge on any atom is -0.392 e. The molecule has 0 spiro atoms. The predicted octanol–water partition coefficient (Wildman–Crippen LogP) is 3.91. The van der Waals surface area contributed by atoms with E-state index in [2.05, 4.69) is 13.0 Å². The van der Waals surface area contributed by atoms with Crippen molar-refractivity contribution in [2.75, 3.05) is 11.9 Å². The Morgan fingerprint density at radius 1 is 1.11 bits per heavy atom. The third-order valence-corrected chi connectivity index (χ3v) is 3.36. The third-order valence-electron chi connectivity index (χ3n) is 3.05. The summed E-state index contributed by atoms with van der Waals surface area (Å²) in [5, 5.41) is 10.1. The van der Waals surface area contributed by atoms with Gasteiger partial charge in [0.05, 0.1) is 17.3 Å². The van der Waals surface area contributed by atoms with E-state index in [1.165, 1.54) is 5.56 Å². The SMILES string of the molecule is Cc1ccccc1N(C)c1c(Cl)cccc1CO. The van der Waals surface area contributed by atoms with Crippen LogP contribution < -0.4 is 4.90 Å². The molecule has 2 aromatic rings. The third kappa shape index (κ3) is 2.35. The second-order valence-corrected chi connectivity index (χ2v) is 4.66. The van der Waals surface area contributed by atoms with Crippen molar-refractivity contribution < 1.29 is 5.11 Å². The summed E-state index contributed by atoms with van der Waals surface area (Å²) < 4.78 is 0. The number of hydrogen-bond acceptors (Lipinski definition) is 2. The van der Waals surface area contributed by atoms with Gasteiger partial charge in [0.15, 0.2) is 0 Å². The average molecular weight is 262 g/mol. The minimum atomic E-state index is -0.0217. The van der Waals surface area contributed by atoms with E-state index in [9.17, 15) is 5.11 Å². The molecule has 0 radical (unpaired) electrons. The second kappa shape index (κ2) is 5.42. The quantitative estimate of drug-likeness (QED) is 0.906. The summed E-state index contributed by atoms with van der Waals surface area (Å²) in [6.45, 7) is 2.04. The molecule has 0 aliphatic rings. The average Bonchev–Trinajstić information content (AvgIpc) is 2.38. The van der Waals surface area contributed by atoms with Crippen molar-refractivity contribution in [3.63, 3.8) is 0 Å². The van der Waals surface area contributed by atoms with Crippen LogP contribution in [0.2, 0.25) is 5.02 Å². The number of anilines is 2. The number of aliphatic hydroxyl groups excluding tert-OH is 1. The van der Waals surface area contributed by atoms with Gasteiger partial charge in [-0.1, -0.05) is 41.9 Å². The first-order valence-electron chi connectivity index (χ1n) is 5.82. The maximum absolute atomic E-state index is 9.42. The van der Waals surface area contributed by atoms with Gasteiger partial charge in [-0.15, -0.1) is 0 Å². The van der Waals surface area contributed by atoms with Gasteiger partial charge in [-0.05, 0) is 24.6 Å². The van der Waals surface area contributed by atoms with Gasteiger partial charge < -0.3 is 10.0 Å². The molecule has 2 rings (SSSR count). The molecular weight excluding hydrogens is 246 g/mol. The van der Waals surface area contributed by atoms with Crippen LogP contribution in [-0.2, 0) is 6.61 Å². The van der Waals surface area contributed by atoms with Crippen LogP contribution in [0, 0.1) is 6.92 Å². The zero-order valence-corrected chi connectivity index (χ0v) is 11.3. The highest BCUT2D eigenvalue weighted by Crippen LogP contribution is 2.35. The van der Waals surface area contributed by atoms with Gasteiger partial charge in [-0.2, -0.15) is 0 Å². The van der Waals surface area contributed by atoms with Crippen molar-refractivity contribution in [1.29, 1.82) is 0 Å². The van der Waals surface area contributed by atoms with Crippen molar-refractivity contribution in [3.05, 3.63) is 58.6 Å². The van der Waals surface area contributed by atoms with Crippen molar-refractivity contribution in [1.82, 2.24) is 0 Å². The molecule has 0 bridgehead atoms. The van der Waals surface area contributed by atoms with Crippen LogP contribution in [0.15, 0.2) is 42.5 Å². The van der Waals surface area contributed by atoms with Crippen molar-refractivity contribution in [3.8, 4) is 0 Å². The minimum absolute atomic E-state index is 0.0217. The number of nitrogens with zero attached hydrogens (tertiary/aromatic N) is 1. The van der Waals surface area contributed by atoms with E-state index in [0.29, 0.717) is 5.02 Å². The highest BCUT2D eigenvalue weighted by atomic mass is 35.5. The first kappa shape index (κ1) is 12.9. The van der Waals surface area contributed by atoms with E-state index in [1.807, 2.05) is 48.3 Å².